The van der Waals surface area contributed by atoms with Crippen molar-refractivity contribution in [2.45, 2.75) is 64.5 Å². The van der Waals surface area contributed by atoms with Gasteiger partial charge < -0.3 is 19.8 Å². The van der Waals surface area contributed by atoms with Gasteiger partial charge in [-0.1, -0.05) is 44.4 Å². The van der Waals surface area contributed by atoms with Crippen LogP contribution in [-0.2, 0) is 9.59 Å². The summed E-state index contributed by atoms with van der Waals surface area (Å²) >= 11 is 6.20. The van der Waals surface area contributed by atoms with E-state index in [0.29, 0.717) is 16.9 Å². The minimum atomic E-state index is -0.787. The first kappa shape index (κ1) is 24.1. The van der Waals surface area contributed by atoms with Crippen molar-refractivity contribution in [3.63, 3.8) is 0 Å². The number of aliphatic hydroxyl groups is 1. The smallest absolute Gasteiger partial charge is 0.295 e. The number of aryl methyl sites for hydroxylation is 1. The summed E-state index contributed by atoms with van der Waals surface area (Å²) in [5.74, 6) is -0.796. The number of aromatic hydroxyl groups is 1. The summed E-state index contributed by atoms with van der Waals surface area (Å²) in [6.07, 6.45) is 3.56. The largest absolute Gasteiger partial charge is 0.507 e. The van der Waals surface area contributed by atoms with Crippen LogP contribution in [0.3, 0.4) is 0 Å². The molecule has 1 amide bonds. The Balaban J connectivity index is 1.95. The first-order valence-electron chi connectivity index (χ1n) is 11.6. The van der Waals surface area contributed by atoms with Crippen LogP contribution in [-0.4, -0.2) is 40.0 Å². The molecule has 0 aromatic heterocycles. The van der Waals surface area contributed by atoms with Gasteiger partial charge in [0.25, 0.3) is 11.7 Å². The van der Waals surface area contributed by atoms with Gasteiger partial charge in [-0.3, -0.25) is 9.59 Å². The Labute approximate surface area is 204 Å². The molecule has 4 rings (SSSR count). The third-order valence-corrected chi connectivity index (χ3v) is 7.24. The van der Waals surface area contributed by atoms with E-state index >= 15 is 0 Å². The highest BCUT2D eigenvalue weighted by atomic mass is 35.5. The first-order valence-corrected chi connectivity index (χ1v) is 12.0. The zero-order chi connectivity index (χ0) is 24.7. The Hall–Kier alpha value is -2.99. The fourth-order valence-corrected chi connectivity index (χ4v) is 5.34. The molecular formula is C27H30ClNO5. The summed E-state index contributed by atoms with van der Waals surface area (Å²) in [6, 6.07) is 7.44. The zero-order valence-corrected chi connectivity index (χ0v) is 20.6. The Bertz CT molecular complexity index is 1180. The highest BCUT2D eigenvalue weighted by Gasteiger charge is 2.49. The summed E-state index contributed by atoms with van der Waals surface area (Å²) in [5, 5.41) is 21.6. The Morgan fingerprint density at radius 2 is 1.82 bits per heavy atom. The van der Waals surface area contributed by atoms with Gasteiger partial charge in [0.05, 0.1) is 23.7 Å². The van der Waals surface area contributed by atoms with Gasteiger partial charge in [-0.2, -0.15) is 0 Å². The summed E-state index contributed by atoms with van der Waals surface area (Å²) in [4.78, 5) is 28.2. The van der Waals surface area contributed by atoms with E-state index in [0.717, 1.165) is 36.8 Å². The lowest BCUT2D eigenvalue weighted by Crippen LogP contribution is -2.37. The van der Waals surface area contributed by atoms with Crippen molar-refractivity contribution in [3.8, 4) is 11.5 Å². The number of likely N-dealkylation sites (tertiary alicyclic amines) is 1. The zero-order valence-electron chi connectivity index (χ0n) is 19.9. The lowest BCUT2D eigenvalue weighted by Gasteiger charge is -2.31. The van der Waals surface area contributed by atoms with Crippen LogP contribution in [0.2, 0.25) is 5.02 Å². The number of aliphatic hydroxyl groups excluding tert-OH is 1. The quantitative estimate of drug-likeness (QED) is 0.316. The number of ether oxygens (including phenoxy) is 1. The number of amides is 1. The van der Waals surface area contributed by atoms with Crippen LogP contribution in [0.1, 0.15) is 73.7 Å². The number of ketones is 1. The summed E-state index contributed by atoms with van der Waals surface area (Å²) in [7, 11) is 1.60. The molecule has 1 aliphatic heterocycles. The second-order valence-electron chi connectivity index (χ2n) is 9.42. The van der Waals surface area contributed by atoms with Gasteiger partial charge in [0.15, 0.2) is 0 Å². The maximum atomic E-state index is 13.4. The van der Waals surface area contributed by atoms with Crippen LogP contribution >= 0.6 is 11.6 Å². The fraction of sp³-hybridized carbons (Fsp3) is 0.407. The van der Waals surface area contributed by atoms with Crippen LogP contribution in [0, 0.1) is 6.92 Å². The highest BCUT2D eigenvalue weighted by molar-refractivity contribution is 6.46. The molecule has 0 spiro atoms. The molecule has 2 aromatic carbocycles. The van der Waals surface area contributed by atoms with Crippen molar-refractivity contribution < 1.29 is 24.5 Å². The number of nitrogens with zero attached hydrogens (tertiary/aromatic N) is 1. The number of rotatable bonds is 5. The Morgan fingerprint density at radius 1 is 1.15 bits per heavy atom. The van der Waals surface area contributed by atoms with Gasteiger partial charge in [-0.05, 0) is 66.6 Å². The van der Waals surface area contributed by atoms with Gasteiger partial charge in [0.1, 0.15) is 17.3 Å². The molecule has 1 aliphatic carbocycles. The maximum absolute atomic E-state index is 13.4. The van der Waals surface area contributed by atoms with Crippen LogP contribution in [0.15, 0.2) is 35.9 Å². The monoisotopic (exact) mass is 483 g/mol. The molecule has 2 aromatic rings. The minimum absolute atomic E-state index is 0.0432. The minimum Gasteiger partial charge on any atom is -0.507 e. The predicted octanol–water partition coefficient (Wildman–Crippen LogP) is 5.85. The first-order chi connectivity index (χ1) is 16.1. The number of phenolic OH excluding ortho intramolecular Hbond substituents is 1. The second-order valence-corrected chi connectivity index (χ2v) is 9.83. The molecular weight excluding hydrogens is 454 g/mol. The molecule has 34 heavy (non-hydrogen) atoms. The molecule has 1 heterocycles. The van der Waals surface area contributed by atoms with E-state index in [1.807, 2.05) is 32.9 Å². The van der Waals surface area contributed by atoms with E-state index in [-0.39, 0.29) is 34.1 Å². The molecule has 2 N–H and O–H groups in total. The van der Waals surface area contributed by atoms with Crippen molar-refractivity contribution in [2.24, 2.45) is 0 Å². The van der Waals surface area contributed by atoms with Gasteiger partial charge in [0.2, 0.25) is 0 Å². The molecule has 1 unspecified atom stereocenters. The molecule has 0 bridgehead atoms. The third-order valence-electron chi connectivity index (χ3n) is 6.94. The van der Waals surface area contributed by atoms with Crippen LogP contribution in [0.4, 0.5) is 0 Å². The molecule has 2 fully saturated rings. The number of Topliss-reactive ketones (excluding diaryl/α,β-unsaturated/α-hetero) is 1. The van der Waals surface area contributed by atoms with Crippen LogP contribution in [0.5, 0.6) is 11.5 Å². The molecule has 1 saturated heterocycles. The van der Waals surface area contributed by atoms with E-state index in [2.05, 4.69) is 0 Å². The van der Waals surface area contributed by atoms with Gasteiger partial charge in [-0.25, -0.2) is 0 Å². The molecule has 2 aliphatic rings. The fourth-order valence-electron chi connectivity index (χ4n) is 5.16. The van der Waals surface area contributed by atoms with E-state index in [9.17, 15) is 19.8 Å². The number of methoxy groups -OCH3 is 1. The van der Waals surface area contributed by atoms with Crippen molar-refractivity contribution in [2.75, 3.05) is 7.11 Å². The lowest BCUT2D eigenvalue weighted by atomic mass is 9.90. The van der Waals surface area contributed by atoms with E-state index in [1.165, 1.54) is 6.07 Å². The average Bonchev–Trinajstić information content (AvgIpc) is 3.41. The Kier molecular flexibility index (Phi) is 6.63. The maximum Gasteiger partial charge on any atom is 0.295 e. The highest BCUT2D eigenvalue weighted by Crippen LogP contribution is 2.45. The number of halogens is 1. The van der Waals surface area contributed by atoms with E-state index < -0.39 is 17.7 Å². The van der Waals surface area contributed by atoms with Gasteiger partial charge >= 0.3 is 0 Å². The van der Waals surface area contributed by atoms with E-state index in [4.69, 9.17) is 16.3 Å². The SMILES string of the molecule is COc1cc(C)c(/C(O)=C2\C(=O)C(=O)N(C3CCCC3)C2c2ccc(O)c(Cl)c2)cc1C(C)C. The Morgan fingerprint density at radius 3 is 2.41 bits per heavy atom. The second kappa shape index (κ2) is 9.34. The predicted molar refractivity (Wildman–Crippen MR) is 131 cm³/mol. The topological polar surface area (TPSA) is 87.1 Å². The standard InChI is InChI=1S/C27H30ClNO5/c1-14(2)18-13-19(15(3)11-22(18)34-4)25(31)23-24(16-9-10-21(30)20(28)12-16)29(27(33)26(23)32)17-7-5-6-8-17/h9-14,17,24,30-31H,5-8H2,1-4H3/b25-23+. The normalized spacial score (nSPS) is 20.5. The third kappa shape index (κ3) is 4.05. The van der Waals surface area contributed by atoms with Crippen molar-refractivity contribution in [1.29, 1.82) is 0 Å². The molecule has 7 heteroatoms. The van der Waals surface area contributed by atoms with Crippen molar-refractivity contribution in [1.82, 2.24) is 4.90 Å². The molecule has 6 nitrogen and oxygen atoms in total. The number of benzene rings is 2. The van der Waals surface area contributed by atoms with Crippen molar-refractivity contribution >= 4 is 29.1 Å². The molecule has 1 atom stereocenters. The molecule has 0 radical (unpaired) electrons. The summed E-state index contributed by atoms with van der Waals surface area (Å²) in [5.41, 5.74) is 2.73. The number of hydrogen-bond acceptors (Lipinski definition) is 5. The molecule has 180 valence electrons. The average molecular weight is 484 g/mol. The summed E-state index contributed by atoms with van der Waals surface area (Å²) in [6.45, 7) is 5.88. The lowest BCUT2D eigenvalue weighted by molar-refractivity contribution is -0.141. The van der Waals surface area contributed by atoms with E-state index in [1.54, 1.807) is 24.1 Å². The van der Waals surface area contributed by atoms with Crippen LogP contribution in [0.25, 0.3) is 5.76 Å². The number of carbonyl (C=O) groups excluding carboxylic acids is 2. The number of phenols is 1. The van der Waals surface area contributed by atoms with Crippen LogP contribution < -0.4 is 4.74 Å². The number of hydrogen-bond donors (Lipinski definition) is 2. The van der Waals surface area contributed by atoms with Gasteiger partial charge in [-0.15, -0.1) is 0 Å². The van der Waals surface area contributed by atoms with Gasteiger partial charge in [0, 0.05) is 11.6 Å². The molecule has 1 saturated carbocycles. The van der Waals surface area contributed by atoms with Crippen molar-refractivity contribution in [3.05, 3.63) is 63.2 Å². The summed E-state index contributed by atoms with van der Waals surface area (Å²) < 4.78 is 5.52. The number of carbonyl (C=O) groups is 2.